The van der Waals surface area contributed by atoms with Gasteiger partial charge in [-0.1, -0.05) is 32.0 Å². The van der Waals surface area contributed by atoms with Crippen LogP contribution in [-0.4, -0.2) is 32.4 Å². The fourth-order valence-corrected chi connectivity index (χ4v) is 3.70. The summed E-state index contributed by atoms with van der Waals surface area (Å²) >= 11 is 0. The average Bonchev–Trinajstić information content (AvgIpc) is 2.99. The summed E-state index contributed by atoms with van der Waals surface area (Å²) in [5, 5.41) is 2.82. The molecule has 21 heavy (non-hydrogen) atoms. The largest absolute Gasteiger partial charge is 0.352 e. The molecule has 6 heteroatoms. The molecule has 1 aliphatic rings. The number of carbonyl (C=O) groups excluding carboxylic acids is 1. The van der Waals surface area contributed by atoms with Crippen molar-refractivity contribution in [3.05, 3.63) is 35.6 Å². The maximum atomic E-state index is 13.8. The Balaban J connectivity index is 2.01. The zero-order valence-electron chi connectivity index (χ0n) is 12.4. The Labute approximate surface area is 124 Å². The van der Waals surface area contributed by atoms with Gasteiger partial charge in [0.2, 0.25) is 5.91 Å². The molecule has 0 bridgehead atoms. The summed E-state index contributed by atoms with van der Waals surface area (Å²) in [7, 11) is -3.19. The predicted molar refractivity (Wildman–Crippen MR) is 79.2 cm³/mol. The lowest BCUT2D eigenvalue weighted by molar-refractivity contribution is -0.124. The van der Waals surface area contributed by atoms with Gasteiger partial charge in [-0.3, -0.25) is 4.79 Å². The molecule has 1 saturated carbocycles. The SMILES string of the molecule is C[C@H](CS(C)(=O)=O)C(=O)N[C@H]1C[C@]1(C)c1ccccc1F. The normalized spacial score (nSPS) is 26.2. The van der Waals surface area contributed by atoms with E-state index in [0.29, 0.717) is 12.0 Å². The summed E-state index contributed by atoms with van der Waals surface area (Å²) in [5.74, 6) is -1.36. The molecule has 1 N–H and O–H groups in total. The highest BCUT2D eigenvalue weighted by Crippen LogP contribution is 2.48. The van der Waals surface area contributed by atoms with Crippen molar-refractivity contribution in [1.82, 2.24) is 5.32 Å². The van der Waals surface area contributed by atoms with Crippen LogP contribution < -0.4 is 5.32 Å². The second kappa shape index (κ2) is 5.40. The van der Waals surface area contributed by atoms with Gasteiger partial charge in [-0.15, -0.1) is 0 Å². The number of carbonyl (C=O) groups is 1. The minimum atomic E-state index is -3.19. The van der Waals surface area contributed by atoms with E-state index in [1.165, 1.54) is 6.07 Å². The van der Waals surface area contributed by atoms with Crippen LogP contribution in [0.15, 0.2) is 24.3 Å². The highest BCUT2D eigenvalue weighted by atomic mass is 32.2. The van der Waals surface area contributed by atoms with Crippen LogP contribution >= 0.6 is 0 Å². The molecular weight excluding hydrogens is 293 g/mol. The topological polar surface area (TPSA) is 63.2 Å². The lowest BCUT2D eigenvalue weighted by Gasteiger charge is -2.15. The zero-order valence-corrected chi connectivity index (χ0v) is 13.2. The highest BCUT2D eigenvalue weighted by Gasteiger charge is 2.53. The molecule has 0 aromatic heterocycles. The van der Waals surface area contributed by atoms with Gasteiger partial charge in [-0.2, -0.15) is 0 Å². The van der Waals surface area contributed by atoms with E-state index in [9.17, 15) is 17.6 Å². The summed E-state index contributed by atoms with van der Waals surface area (Å²) in [6, 6.07) is 6.38. The molecule has 1 aromatic carbocycles. The van der Waals surface area contributed by atoms with Gasteiger partial charge in [-0.25, -0.2) is 12.8 Å². The number of nitrogens with one attached hydrogen (secondary N) is 1. The first-order valence-corrected chi connectivity index (χ1v) is 8.92. The van der Waals surface area contributed by atoms with Gasteiger partial charge in [0, 0.05) is 23.6 Å². The minimum absolute atomic E-state index is 0.149. The summed E-state index contributed by atoms with van der Waals surface area (Å²) < 4.78 is 36.2. The third-order valence-electron chi connectivity index (χ3n) is 4.04. The number of amides is 1. The molecule has 1 aliphatic carbocycles. The van der Waals surface area contributed by atoms with Crippen molar-refractivity contribution in [2.24, 2.45) is 5.92 Å². The van der Waals surface area contributed by atoms with Crippen molar-refractivity contribution < 1.29 is 17.6 Å². The molecule has 1 amide bonds. The lowest BCUT2D eigenvalue weighted by atomic mass is 9.97. The van der Waals surface area contributed by atoms with Gasteiger partial charge in [0.15, 0.2) is 0 Å². The van der Waals surface area contributed by atoms with Crippen LogP contribution in [0.3, 0.4) is 0 Å². The van der Waals surface area contributed by atoms with E-state index in [0.717, 1.165) is 6.26 Å². The standard InChI is InChI=1S/C15H20FNO3S/c1-10(9-21(3,19)20)14(18)17-13-8-15(13,2)11-6-4-5-7-12(11)16/h4-7,10,13H,8-9H2,1-3H3,(H,17,18)/t10-,13+,15-/m1/s1. The highest BCUT2D eigenvalue weighted by molar-refractivity contribution is 7.90. The van der Waals surface area contributed by atoms with E-state index < -0.39 is 21.2 Å². The molecule has 116 valence electrons. The molecule has 0 radical (unpaired) electrons. The van der Waals surface area contributed by atoms with Crippen LogP contribution in [-0.2, 0) is 20.0 Å². The van der Waals surface area contributed by atoms with Crippen LogP contribution in [0.1, 0.15) is 25.8 Å². The Morgan fingerprint density at radius 1 is 1.48 bits per heavy atom. The molecule has 1 fully saturated rings. The molecule has 0 heterocycles. The number of hydrogen-bond donors (Lipinski definition) is 1. The maximum Gasteiger partial charge on any atom is 0.224 e. The molecule has 0 spiro atoms. The van der Waals surface area contributed by atoms with Crippen molar-refractivity contribution >= 4 is 15.7 Å². The minimum Gasteiger partial charge on any atom is -0.352 e. The first kappa shape index (κ1) is 15.9. The van der Waals surface area contributed by atoms with Crippen LogP contribution in [0.2, 0.25) is 0 Å². The monoisotopic (exact) mass is 313 g/mol. The van der Waals surface area contributed by atoms with E-state index in [-0.39, 0.29) is 23.5 Å². The van der Waals surface area contributed by atoms with E-state index in [4.69, 9.17) is 0 Å². The van der Waals surface area contributed by atoms with Crippen LogP contribution in [0.25, 0.3) is 0 Å². The quantitative estimate of drug-likeness (QED) is 0.899. The second-order valence-electron chi connectivity index (χ2n) is 6.16. The Hall–Kier alpha value is -1.43. The maximum absolute atomic E-state index is 13.8. The van der Waals surface area contributed by atoms with Gasteiger partial charge in [0.05, 0.1) is 5.75 Å². The number of benzene rings is 1. The third kappa shape index (κ3) is 3.61. The lowest BCUT2D eigenvalue weighted by Crippen LogP contribution is -2.36. The second-order valence-corrected chi connectivity index (χ2v) is 8.34. The molecule has 2 rings (SSSR count). The Bertz CT molecular complexity index is 659. The van der Waals surface area contributed by atoms with Crippen molar-refractivity contribution in [2.75, 3.05) is 12.0 Å². The Morgan fingerprint density at radius 3 is 2.67 bits per heavy atom. The van der Waals surface area contributed by atoms with Crippen molar-refractivity contribution in [1.29, 1.82) is 0 Å². The molecule has 0 saturated heterocycles. The van der Waals surface area contributed by atoms with Crippen LogP contribution in [0.4, 0.5) is 4.39 Å². The summed E-state index contributed by atoms with van der Waals surface area (Å²) in [6.07, 6.45) is 1.77. The van der Waals surface area contributed by atoms with E-state index >= 15 is 0 Å². The van der Waals surface area contributed by atoms with Crippen LogP contribution in [0, 0.1) is 11.7 Å². The van der Waals surface area contributed by atoms with Gasteiger partial charge in [0.1, 0.15) is 15.7 Å². The molecule has 0 aliphatic heterocycles. The first-order valence-electron chi connectivity index (χ1n) is 6.86. The fraction of sp³-hybridized carbons (Fsp3) is 0.533. The zero-order chi connectivity index (χ0) is 15.8. The summed E-state index contributed by atoms with van der Waals surface area (Å²) in [6.45, 7) is 3.48. The van der Waals surface area contributed by atoms with Crippen molar-refractivity contribution in [3.63, 3.8) is 0 Å². The number of halogens is 1. The molecule has 3 atom stereocenters. The number of hydrogen-bond acceptors (Lipinski definition) is 3. The van der Waals surface area contributed by atoms with E-state index in [2.05, 4.69) is 5.32 Å². The van der Waals surface area contributed by atoms with Gasteiger partial charge < -0.3 is 5.32 Å². The van der Waals surface area contributed by atoms with Gasteiger partial charge >= 0.3 is 0 Å². The number of rotatable bonds is 5. The molecule has 0 unspecified atom stereocenters. The van der Waals surface area contributed by atoms with Gasteiger partial charge in [-0.05, 0) is 18.1 Å². The molecule has 1 aromatic rings. The molecular formula is C15H20FNO3S. The van der Waals surface area contributed by atoms with E-state index in [1.54, 1.807) is 25.1 Å². The fourth-order valence-electron chi connectivity index (χ4n) is 2.64. The smallest absolute Gasteiger partial charge is 0.224 e. The van der Waals surface area contributed by atoms with Crippen molar-refractivity contribution in [2.45, 2.75) is 31.7 Å². The Morgan fingerprint density at radius 2 is 2.10 bits per heavy atom. The van der Waals surface area contributed by atoms with Crippen LogP contribution in [0.5, 0.6) is 0 Å². The van der Waals surface area contributed by atoms with E-state index in [1.807, 2.05) is 6.92 Å². The average molecular weight is 313 g/mol. The molecule has 4 nitrogen and oxygen atoms in total. The number of sulfone groups is 1. The Kier molecular flexibility index (Phi) is 4.10. The van der Waals surface area contributed by atoms with Gasteiger partial charge in [0.25, 0.3) is 0 Å². The first-order chi connectivity index (χ1) is 9.63. The van der Waals surface area contributed by atoms with Crippen molar-refractivity contribution in [3.8, 4) is 0 Å². The summed E-state index contributed by atoms with van der Waals surface area (Å²) in [5.41, 5.74) is 0.178. The predicted octanol–water partition coefficient (Wildman–Crippen LogP) is 1.65. The third-order valence-corrected chi connectivity index (χ3v) is 5.15. The summed E-state index contributed by atoms with van der Waals surface area (Å²) in [4.78, 5) is 12.0.